The zero-order valence-electron chi connectivity index (χ0n) is 10.5. The summed E-state index contributed by atoms with van der Waals surface area (Å²) >= 11 is 4.39. The van der Waals surface area contributed by atoms with Gasteiger partial charge in [0, 0.05) is 6.07 Å². The highest BCUT2D eigenvalue weighted by molar-refractivity contribution is 8.03. The van der Waals surface area contributed by atoms with Crippen molar-refractivity contribution in [2.75, 3.05) is 11.6 Å². The number of nitrogens with zero attached hydrogens (tertiary/aromatic N) is 3. The molecule has 9 heteroatoms. The van der Waals surface area contributed by atoms with Gasteiger partial charge in [-0.15, -0.1) is 10.2 Å². The van der Waals surface area contributed by atoms with Crippen LogP contribution >= 0.6 is 34.9 Å². The van der Waals surface area contributed by atoms with Crippen LogP contribution in [0.1, 0.15) is 12.7 Å². The highest BCUT2D eigenvalue weighted by atomic mass is 32.2. The van der Waals surface area contributed by atoms with Crippen molar-refractivity contribution in [2.45, 2.75) is 27.8 Å². The Hall–Kier alpha value is -1.06. The molecule has 0 aliphatic heterocycles. The van der Waals surface area contributed by atoms with Gasteiger partial charge in [0.05, 0.1) is 5.25 Å². The molecule has 1 unspecified atom stereocenters. The number of hydrogen-bond donors (Lipinski definition) is 1. The van der Waals surface area contributed by atoms with Gasteiger partial charge >= 0.3 is 0 Å². The minimum Gasteiger partial charge on any atom is -0.360 e. The summed E-state index contributed by atoms with van der Waals surface area (Å²) in [6.45, 7) is 3.58. The molecule has 6 nitrogen and oxygen atoms in total. The molecule has 2 aromatic rings. The zero-order valence-corrected chi connectivity index (χ0v) is 13.0. The number of aromatic nitrogens is 3. The largest absolute Gasteiger partial charge is 0.360 e. The Labute approximate surface area is 122 Å². The van der Waals surface area contributed by atoms with Crippen LogP contribution < -0.4 is 5.32 Å². The van der Waals surface area contributed by atoms with Crippen molar-refractivity contribution >= 4 is 46.6 Å². The highest BCUT2D eigenvalue weighted by Crippen LogP contribution is 2.30. The summed E-state index contributed by atoms with van der Waals surface area (Å²) < 4.78 is 6.56. The van der Waals surface area contributed by atoms with Crippen molar-refractivity contribution in [3.63, 3.8) is 0 Å². The number of anilines is 1. The number of hydrogen-bond acceptors (Lipinski definition) is 8. The lowest BCUT2D eigenvalue weighted by molar-refractivity contribution is -0.115. The predicted octanol–water partition coefficient (Wildman–Crippen LogP) is 2.68. The minimum atomic E-state index is -0.278. The van der Waals surface area contributed by atoms with Gasteiger partial charge in [-0.1, -0.05) is 40.0 Å². The Morgan fingerprint density at radius 2 is 2.21 bits per heavy atom. The van der Waals surface area contributed by atoms with E-state index in [4.69, 9.17) is 4.52 Å². The third-order valence-electron chi connectivity index (χ3n) is 2.09. The lowest BCUT2D eigenvalue weighted by Crippen LogP contribution is -2.22. The maximum atomic E-state index is 11.9. The molecule has 0 aromatic carbocycles. The Balaban J connectivity index is 1.91. The van der Waals surface area contributed by atoms with Crippen LogP contribution in [0.25, 0.3) is 0 Å². The summed E-state index contributed by atoms with van der Waals surface area (Å²) in [5.41, 5.74) is 0. The van der Waals surface area contributed by atoms with E-state index in [1.54, 1.807) is 13.0 Å². The molecule has 0 saturated carbocycles. The van der Waals surface area contributed by atoms with E-state index in [1.807, 2.05) is 13.2 Å². The average Bonchev–Trinajstić information content (AvgIpc) is 2.98. The third-order valence-corrected chi connectivity index (χ3v) is 5.17. The molecular formula is C10H12N4O2S3. The molecule has 1 N–H and O–H groups in total. The summed E-state index contributed by atoms with van der Waals surface area (Å²) in [6.07, 6.45) is 1.94. The van der Waals surface area contributed by atoms with Crippen molar-refractivity contribution in [1.82, 2.24) is 15.4 Å². The van der Waals surface area contributed by atoms with E-state index < -0.39 is 0 Å². The standard InChI is InChI=1S/C10H12N4O2S3/c1-5-4-7(14-16-5)11-8(15)6(2)18-10-13-12-9(17-3)19-10/h4,6H,1-3H3,(H,11,14,15). The lowest BCUT2D eigenvalue weighted by Gasteiger charge is -2.07. The Morgan fingerprint density at radius 1 is 1.47 bits per heavy atom. The minimum absolute atomic E-state index is 0.140. The summed E-state index contributed by atoms with van der Waals surface area (Å²) in [7, 11) is 0. The maximum Gasteiger partial charge on any atom is 0.238 e. The molecule has 0 fully saturated rings. The van der Waals surface area contributed by atoms with Crippen LogP contribution in [0.15, 0.2) is 19.3 Å². The number of aryl methyl sites for hydroxylation is 1. The first-order valence-corrected chi connectivity index (χ1v) is 8.29. The van der Waals surface area contributed by atoms with Crippen molar-refractivity contribution in [3.05, 3.63) is 11.8 Å². The average molecular weight is 316 g/mol. The van der Waals surface area contributed by atoms with E-state index >= 15 is 0 Å². The van der Waals surface area contributed by atoms with Crippen LogP contribution in [-0.2, 0) is 4.79 Å². The van der Waals surface area contributed by atoms with E-state index in [-0.39, 0.29) is 11.2 Å². The van der Waals surface area contributed by atoms with Crippen LogP contribution in [0.2, 0.25) is 0 Å². The molecule has 19 heavy (non-hydrogen) atoms. The summed E-state index contributed by atoms with van der Waals surface area (Å²) in [5.74, 6) is 0.945. The van der Waals surface area contributed by atoms with E-state index in [0.29, 0.717) is 11.6 Å². The topological polar surface area (TPSA) is 80.9 Å². The molecule has 2 aromatic heterocycles. The van der Waals surface area contributed by atoms with Crippen molar-refractivity contribution in [3.8, 4) is 0 Å². The van der Waals surface area contributed by atoms with Gasteiger partial charge in [0.15, 0.2) is 14.5 Å². The fraction of sp³-hybridized carbons (Fsp3) is 0.400. The first-order valence-electron chi connectivity index (χ1n) is 5.37. The van der Waals surface area contributed by atoms with E-state index in [2.05, 4.69) is 20.7 Å². The monoisotopic (exact) mass is 316 g/mol. The Kier molecular flexibility index (Phi) is 4.83. The lowest BCUT2D eigenvalue weighted by atomic mass is 10.4. The second-order valence-corrected chi connectivity index (χ2v) is 7.23. The van der Waals surface area contributed by atoms with Crippen molar-refractivity contribution in [1.29, 1.82) is 0 Å². The van der Waals surface area contributed by atoms with Gasteiger partial charge in [-0.25, -0.2) is 0 Å². The van der Waals surface area contributed by atoms with Crippen molar-refractivity contribution in [2.24, 2.45) is 0 Å². The van der Waals surface area contributed by atoms with Gasteiger partial charge in [-0.05, 0) is 20.1 Å². The first-order chi connectivity index (χ1) is 9.08. The van der Waals surface area contributed by atoms with Crippen LogP contribution in [0, 0.1) is 6.92 Å². The number of amides is 1. The molecule has 2 heterocycles. The first kappa shape index (κ1) is 14.4. The SMILES string of the molecule is CSc1nnc(SC(C)C(=O)Nc2cc(C)on2)s1. The smallest absolute Gasteiger partial charge is 0.238 e. The van der Waals surface area contributed by atoms with E-state index in [9.17, 15) is 4.79 Å². The molecule has 1 atom stereocenters. The van der Waals surface area contributed by atoms with E-state index in [0.717, 1.165) is 8.68 Å². The maximum absolute atomic E-state index is 11.9. The van der Waals surface area contributed by atoms with Gasteiger partial charge in [0.25, 0.3) is 0 Å². The fourth-order valence-corrected chi connectivity index (χ4v) is 3.77. The molecule has 0 radical (unpaired) electrons. The number of carbonyl (C=O) groups is 1. The zero-order chi connectivity index (χ0) is 13.8. The van der Waals surface area contributed by atoms with Crippen LogP contribution in [-0.4, -0.2) is 32.8 Å². The molecule has 0 aliphatic carbocycles. The number of carbonyl (C=O) groups excluding carboxylic acids is 1. The second-order valence-electron chi connectivity index (χ2n) is 3.61. The molecule has 1 amide bonds. The molecule has 102 valence electrons. The number of rotatable bonds is 5. The quantitative estimate of drug-likeness (QED) is 0.849. The summed E-state index contributed by atoms with van der Waals surface area (Å²) in [4.78, 5) is 11.9. The van der Waals surface area contributed by atoms with Gasteiger partial charge < -0.3 is 9.84 Å². The summed E-state index contributed by atoms with van der Waals surface area (Å²) in [5, 5.41) is 14.1. The van der Waals surface area contributed by atoms with Gasteiger partial charge in [-0.2, -0.15) is 0 Å². The Bertz CT molecular complexity index is 569. The summed E-state index contributed by atoms with van der Waals surface area (Å²) in [6, 6.07) is 1.67. The molecule has 0 saturated heterocycles. The molecule has 0 spiro atoms. The fourth-order valence-electron chi connectivity index (χ4n) is 1.19. The van der Waals surface area contributed by atoms with Crippen LogP contribution in [0.4, 0.5) is 5.82 Å². The van der Waals surface area contributed by atoms with Gasteiger partial charge in [0.1, 0.15) is 5.76 Å². The van der Waals surface area contributed by atoms with Crippen LogP contribution in [0.5, 0.6) is 0 Å². The molecule has 0 bridgehead atoms. The van der Waals surface area contributed by atoms with Gasteiger partial charge in [-0.3, -0.25) is 4.79 Å². The number of thioether (sulfide) groups is 2. The van der Waals surface area contributed by atoms with Gasteiger partial charge in [0.2, 0.25) is 5.91 Å². The van der Waals surface area contributed by atoms with Crippen molar-refractivity contribution < 1.29 is 9.32 Å². The van der Waals surface area contributed by atoms with Crippen LogP contribution in [0.3, 0.4) is 0 Å². The second kappa shape index (κ2) is 6.40. The highest BCUT2D eigenvalue weighted by Gasteiger charge is 2.18. The third kappa shape index (κ3) is 3.95. The van der Waals surface area contributed by atoms with E-state index in [1.165, 1.54) is 34.9 Å². The Morgan fingerprint density at radius 3 is 2.79 bits per heavy atom. The number of nitrogens with one attached hydrogen (secondary N) is 1. The molecule has 0 aliphatic rings. The normalized spacial score (nSPS) is 12.4. The predicted molar refractivity (Wildman–Crippen MR) is 76.9 cm³/mol. The molecule has 2 rings (SSSR count). The molecular weight excluding hydrogens is 304 g/mol.